The van der Waals surface area contributed by atoms with Crippen LogP contribution < -0.4 is 5.73 Å². The molecular weight excluding hydrogens is 307 g/mol. The Morgan fingerprint density at radius 1 is 1.17 bits per heavy atom. The van der Waals surface area contributed by atoms with E-state index in [-0.39, 0.29) is 23.9 Å². The van der Waals surface area contributed by atoms with Crippen LogP contribution in [0.1, 0.15) is 30.2 Å². The third-order valence-corrected chi connectivity index (χ3v) is 4.24. The highest BCUT2D eigenvalue weighted by molar-refractivity contribution is 5.83. The quantitative estimate of drug-likeness (QED) is 0.942. The summed E-state index contributed by atoms with van der Waals surface area (Å²) in [4.78, 5) is 14.5. The molecule has 3 unspecified atom stereocenters. The van der Waals surface area contributed by atoms with Crippen molar-refractivity contribution >= 4 is 5.91 Å². The van der Waals surface area contributed by atoms with E-state index >= 15 is 0 Å². The first-order valence-corrected chi connectivity index (χ1v) is 8.05. The number of benzene rings is 2. The Hall–Kier alpha value is -2.24. The molecule has 5 heteroatoms. The maximum Gasteiger partial charge on any atom is 0.244 e. The number of hydrogen-bond acceptors (Lipinski definition) is 3. The summed E-state index contributed by atoms with van der Waals surface area (Å²) in [6.45, 7) is 2.83. The molecule has 2 aromatic rings. The first-order chi connectivity index (χ1) is 11.5. The number of halogens is 1. The average Bonchev–Trinajstić information content (AvgIpc) is 2.61. The van der Waals surface area contributed by atoms with Gasteiger partial charge in [0.25, 0.3) is 0 Å². The molecule has 1 amide bonds. The third-order valence-electron chi connectivity index (χ3n) is 4.24. The molecule has 1 saturated heterocycles. The van der Waals surface area contributed by atoms with E-state index in [1.54, 1.807) is 17.0 Å². The molecule has 3 atom stereocenters. The van der Waals surface area contributed by atoms with E-state index in [9.17, 15) is 9.18 Å². The summed E-state index contributed by atoms with van der Waals surface area (Å²) in [6, 6.07) is 14.8. The third kappa shape index (κ3) is 3.63. The minimum absolute atomic E-state index is 0.110. The van der Waals surface area contributed by atoms with E-state index < -0.39 is 6.04 Å². The lowest BCUT2D eigenvalue weighted by Gasteiger charge is -2.38. The van der Waals surface area contributed by atoms with Gasteiger partial charge in [0.15, 0.2) is 0 Å². The Bertz CT molecular complexity index is 690. The maximum atomic E-state index is 13.1. The molecule has 0 bridgehead atoms. The molecule has 2 aromatic carbocycles. The number of nitrogens with two attached hydrogens (primary N) is 1. The van der Waals surface area contributed by atoms with Gasteiger partial charge in [-0.15, -0.1) is 0 Å². The van der Waals surface area contributed by atoms with Gasteiger partial charge in [-0.05, 0) is 30.2 Å². The lowest BCUT2D eigenvalue weighted by atomic mass is 10.0. The van der Waals surface area contributed by atoms with Gasteiger partial charge >= 0.3 is 0 Å². The van der Waals surface area contributed by atoms with Gasteiger partial charge in [0.05, 0.1) is 12.6 Å². The van der Waals surface area contributed by atoms with Crippen molar-refractivity contribution in [2.45, 2.75) is 25.2 Å². The zero-order valence-corrected chi connectivity index (χ0v) is 13.6. The van der Waals surface area contributed by atoms with Crippen molar-refractivity contribution in [3.8, 4) is 0 Å². The summed E-state index contributed by atoms with van der Waals surface area (Å²) < 4.78 is 19.0. The zero-order valence-electron chi connectivity index (χ0n) is 13.6. The van der Waals surface area contributed by atoms with E-state index in [2.05, 4.69) is 0 Å². The Morgan fingerprint density at radius 3 is 2.50 bits per heavy atom. The van der Waals surface area contributed by atoms with Gasteiger partial charge in [-0.1, -0.05) is 42.5 Å². The highest BCUT2D eigenvalue weighted by Crippen LogP contribution is 2.27. The van der Waals surface area contributed by atoms with Crippen molar-refractivity contribution in [3.63, 3.8) is 0 Å². The van der Waals surface area contributed by atoms with Crippen LogP contribution in [0, 0.1) is 5.82 Å². The molecule has 0 saturated carbocycles. The lowest BCUT2D eigenvalue weighted by Crippen LogP contribution is -2.48. The smallest absolute Gasteiger partial charge is 0.244 e. The molecule has 3 rings (SSSR count). The SMILES string of the molecule is CC1CN(C(=O)C(N)c2ccccc2)CC(c2ccc(F)cc2)O1. The van der Waals surface area contributed by atoms with Crippen molar-refractivity contribution in [1.82, 2.24) is 4.90 Å². The second-order valence-electron chi connectivity index (χ2n) is 6.12. The van der Waals surface area contributed by atoms with Crippen LogP contribution in [-0.2, 0) is 9.53 Å². The van der Waals surface area contributed by atoms with E-state index in [1.165, 1.54) is 12.1 Å². The van der Waals surface area contributed by atoms with Crippen LogP contribution in [0.3, 0.4) is 0 Å². The fraction of sp³-hybridized carbons (Fsp3) is 0.316. The van der Waals surface area contributed by atoms with Crippen LogP contribution in [0.15, 0.2) is 54.6 Å². The van der Waals surface area contributed by atoms with Crippen molar-refractivity contribution in [3.05, 3.63) is 71.5 Å². The average molecular weight is 328 g/mol. The Balaban J connectivity index is 1.75. The second kappa shape index (κ2) is 7.11. The van der Waals surface area contributed by atoms with E-state index in [1.807, 2.05) is 37.3 Å². The highest BCUT2D eigenvalue weighted by atomic mass is 19.1. The fourth-order valence-corrected chi connectivity index (χ4v) is 2.99. The van der Waals surface area contributed by atoms with Gasteiger partial charge in [-0.3, -0.25) is 4.79 Å². The molecular formula is C19H21FN2O2. The molecule has 24 heavy (non-hydrogen) atoms. The number of rotatable bonds is 3. The van der Waals surface area contributed by atoms with Gasteiger partial charge < -0.3 is 15.4 Å². The lowest BCUT2D eigenvalue weighted by molar-refractivity contribution is -0.146. The molecule has 0 spiro atoms. The highest BCUT2D eigenvalue weighted by Gasteiger charge is 2.32. The minimum atomic E-state index is -0.689. The molecule has 2 N–H and O–H groups in total. The van der Waals surface area contributed by atoms with Gasteiger partial charge in [-0.2, -0.15) is 0 Å². The summed E-state index contributed by atoms with van der Waals surface area (Å²) >= 11 is 0. The molecule has 0 aliphatic carbocycles. The molecule has 1 heterocycles. The number of hydrogen-bond donors (Lipinski definition) is 1. The van der Waals surface area contributed by atoms with Crippen LogP contribution in [0.5, 0.6) is 0 Å². The molecule has 0 radical (unpaired) electrons. The standard InChI is InChI=1S/C19H21FN2O2/c1-13-11-22(19(23)18(21)15-5-3-2-4-6-15)12-17(24-13)14-7-9-16(20)10-8-14/h2-10,13,17-18H,11-12,21H2,1H3. The van der Waals surface area contributed by atoms with Gasteiger partial charge in [0.2, 0.25) is 5.91 Å². The van der Waals surface area contributed by atoms with Crippen LogP contribution in [0.2, 0.25) is 0 Å². The van der Waals surface area contributed by atoms with Crippen molar-refractivity contribution < 1.29 is 13.9 Å². The summed E-state index contributed by atoms with van der Waals surface area (Å²) in [5.74, 6) is -0.412. The predicted octanol–water partition coefficient (Wildman–Crippen LogP) is 2.81. The van der Waals surface area contributed by atoms with Crippen LogP contribution in [0.25, 0.3) is 0 Å². The van der Waals surface area contributed by atoms with Crippen LogP contribution in [0.4, 0.5) is 4.39 Å². The predicted molar refractivity (Wildman–Crippen MR) is 89.6 cm³/mol. The molecule has 126 valence electrons. The number of carbonyl (C=O) groups is 1. The van der Waals surface area contributed by atoms with E-state index in [0.717, 1.165) is 11.1 Å². The summed E-state index contributed by atoms with van der Waals surface area (Å²) in [5.41, 5.74) is 7.78. The van der Waals surface area contributed by atoms with Crippen molar-refractivity contribution in [2.24, 2.45) is 5.73 Å². The summed E-state index contributed by atoms with van der Waals surface area (Å²) in [6.07, 6.45) is -0.387. The normalized spacial score (nSPS) is 22.2. The molecule has 1 aliphatic rings. The zero-order chi connectivity index (χ0) is 17.1. The molecule has 1 fully saturated rings. The number of morpholine rings is 1. The Morgan fingerprint density at radius 2 is 1.83 bits per heavy atom. The second-order valence-corrected chi connectivity index (χ2v) is 6.12. The number of amides is 1. The Labute approximate surface area is 141 Å². The first kappa shape index (κ1) is 16.6. The van der Waals surface area contributed by atoms with Crippen LogP contribution in [-0.4, -0.2) is 30.0 Å². The van der Waals surface area contributed by atoms with Crippen molar-refractivity contribution in [2.75, 3.05) is 13.1 Å². The number of nitrogens with zero attached hydrogens (tertiary/aromatic N) is 1. The fourth-order valence-electron chi connectivity index (χ4n) is 2.99. The van der Waals surface area contributed by atoms with Gasteiger partial charge in [0.1, 0.15) is 18.0 Å². The molecule has 1 aliphatic heterocycles. The number of carbonyl (C=O) groups excluding carboxylic acids is 1. The molecule has 0 aromatic heterocycles. The van der Waals surface area contributed by atoms with Crippen molar-refractivity contribution in [1.29, 1.82) is 0 Å². The maximum absolute atomic E-state index is 13.1. The molecule has 4 nitrogen and oxygen atoms in total. The minimum Gasteiger partial charge on any atom is -0.367 e. The van der Waals surface area contributed by atoms with E-state index in [4.69, 9.17) is 10.5 Å². The van der Waals surface area contributed by atoms with Crippen LogP contribution >= 0.6 is 0 Å². The largest absolute Gasteiger partial charge is 0.367 e. The monoisotopic (exact) mass is 328 g/mol. The van der Waals surface area contributed by atoms with E-state index in [0.29, 0.717) is 13.1 Å². The Kier molecular flexibility index (Phi) is 4.92. The first-order valence-electron chi connectivity index (χ1n) is 8.05. The summed E-state index contributed by atoms with van der Waals surface area (Å²) in [7, 11) is 0. The topological polar surface area (TPSA) is 55.6 Å². The van der Waals surface area contributed by atoms with Gasteiger partial charge in [-0.25, -0.2) is 4.39 Å². The summed E-state index contributed by atoms with van der Waals surface area (Å²) in [5, 5.41) is 0. The van der Waals surface area contributed by atoms with Gasteiger partial charge in [0, 0.05) is 6.54 Å². The number of ether oxygens (including phenoxy) is 1.